The number of rotatable bonds is 2. The number of carbonyl (C=O) groups excluding carboxylic acids is 1. The Kier molecular flexibility index (Phi) is 3.96. The standard InChI is InChI=1S/C18H23N3O2S/c1-11-12(2)24-17(19-11)15-9-13-6-8-21(10-16(13)23-15)18(22)14-5-4-7-20(14)3/h4-5,7,13,15-16H,6,8-10H2,1-3H3/t13-,15-,16+/m1/s1. The van der Waals surface area contributed by atoms with Crippen LogP contribution in [0.3, 0.4) is 0 Å². The molecule has 2 saturated heterocycles. The van der Waals surface area contributed by atoms with Crippen molar-refractivity contribution in [2.75, 3.05) is 13.1 Å². The average Bonchev–Trinajstić information content (AvgIpc) is 3.25. The van der Waals surface area contributed by atoms with E-state index in [1.54, 1.807) is 11.3 Å². The number of thiazole rings is 1. The molecular formula is C18H23N3O2S. The first-order valence-electron chi connectivity index (χ1n) is 8.53. The molecule has 128 valence electrons. The fourth-order valence-corrected chi connectivity index (χ4v) is 4.73. The van der Waals surface area contributed by atoms with Gasteiger partial charge in [-0.1, -0.05) is 0 Å². The number of fused-ring (bicyclic) bond motifs is 1. The molecule has 0 bridgehead atoms. The summed E-state index contributed by atoms with van der Waals surface area (Å²) in [4.78, 5) is 20.6. The summed E-state index contributed by atoms with van der Waals surface area (Å²) in [5, 5.41) is 1.10. The zero-order valence-corrected chi connectivity index (χ0v) is 15.2. The van der Waals surface area contributed by atoms with Crippen LogP contribution in [0.1, 0.15) is 45.0 Å². The van der Waals surface area contributed by atoms with Crippen molar-refractivity contribution in [3.63, 3.8) is 0 Å². The number of amides is 1. The molecule has 0 saturated carbocycles. The van der Waals surface area contributed by atoms with Gasteiger partial charge in [-0.05, 0) is 44.7 Å². The lowest BCUT2D eigenvalue weighted by molar-refractivity contribution is -0.00476. The third-order valence-electron chi connectivity index (χ3n) is 5.32. The Labute approximate surface area is 146 Å². The number of ether oxygens (including phenoxy) is 1. The SMILES string of the molecule is Cc1nc([C@H]2C[C@H]3CCN(C(=O)c4cccn4C)C[C@@H]3O2)sc1C. The van der Waals surface area contributed by atoms with Crippen LogP contribution in [0, 0.1) is 19.8 Å². The second kappa shape index (κ2) is 6.01. The third-order valence-corrected chi connectivity index (χ3v) is 6.49. The molecule has 0 N–H and O–H groups in total. The van der Waals surface area contributed by atoms with E-state index in [0.717, 1.165) is 35.8 Å². The summed E-state index contributed by atoms with van der Waals surface area (Å²) >= 11 is 1.74. The van der Waals surface area contributed by atoms with Crippen LogP contribution in [0.5, 0.6) is 0 Å². The van der Waals surface area contributed by atoms with Crippen molar-refractivity contribution in [3.05, 3.63) is 39.6 Å². The molecule has 3 atom stereocenters. The maximum atomic E-state index is 12.7. The van der Waals surface area contributed by atoms with Crippen LogP contribution in [-0.2, 0) is 11.8 Å². The fraction of sp³-hybridized carbons (Fsp3) is 0.556. The first kappa shape index (κ1) is 15.8. The molecule has 0 aromatic carbocycles. The molecule has 1 amide bonds. The van der Waals surface area contributed by atoms with Gasteiger partial charge in [0.2, 0.25) is 0 Å². The van der Waals surface area contributed by atoms with Crippen molar-refractivity contribution in [2.24, 2.45) is 13.0 Å². The van der Waals surface area contributed by atoms with Gasteiger partial charge in [-0.3, -0.25) is 4.79 Å². The normalized spacial score (nSPS) is 26.6. The lowest BCUT2D eigenvalue weighted by atomic mass is 9.91. The van der Waals surface area contributed by atoms with Crippen LogP contribution >= 0.6 is 11.3 Å². The second-order valence-corrected chi connectivity index (χ2v) is 8.13. The summed E-state index contributed by atoms with van der Waals surface area (Å²) < 4.78 is 8.18. The first-order valence-corrected chi connectivity index (χ1v) is 9.34. The minimum absolute atomic E-state index is 0.0995. The van der Waals surface area contributed by atoms with E-state index in [1.807, 2.05) is 34.8 Å². The van der Waals surface area contributed by atoms with E-state index in [9.17, 15) is 4.79 Å². The molecule has 2 aromatic rings. The highest BCUT2D eigenvalue weighted by molar-refractivity contribution is 7.11. The second-order valence-electron chi connectivity index (χ2n) is 6.90. The molecule has 4 rings (SSSR count). The maximum absolute atomic E-state index is 12.7. The fourth-order valence-electron chi connectivity index (χ4n) is 3.75. The lowest BCUT2D eigenvalue weighted by Gasteiger charge is -2.34. The smallest absolute Gasteiger partial charge is 0.270 e. The Morgan fingerprint density at radius 2 is 2.25 bits per heavy atom. The number of aromatic nitrogens is 2. The Balaban J connectivity index is 1.46. The van der Waals surface area contributed by atoms with Crippen molar-refractivity contribution in [2.45, 2.75) is 38.9 Å². The van der Waals surface area contributed by atoms with Crippen molar-refractivity contribution in [1.29, 1.82) is 0 Å². The van der Waals surface area contributed by atoms with Gasteiger partial charge >= 0.3 is 0 Å². The molecular weight excluding hydrogens is 322 g/mol. The van der Waals surface area contributed by atoms with Gasteiger partial charge in [0.05, 0.1) is 11.8 Å². The summed E-state index contributed by atoms with van der Waals surface area (Å²) in [6.45, 7) is 5.67. The summed E-state index contributed by atoms with van der Waals surface area (Å²) in [7, 11) is 1.91. The van der Waals surface area contributed by atoms with Gasteiger partial charge in [0.25, 0.3) is 5.91 Å². The monoisotopic (exact) mass is 345 g/mol. The summed E-state index contributed by atoms with van der Waals surface area (Å²) in [6, 6.07) is 3.79. The van der Waals surface area contributed by atoms with Gasteiger partial charge in [0, 0.05) is 31.2 Å². The lowest BCUT2D eigenvalue weighted by Crippen LogP contribution is -2.45. The molecule has 2 fully saturated rings. The highest BCUT2D eigenvalue weighted by Crippen LogP contribution is 2.42. The summed E-state index contributed by atoms with van der Waals surface area (Å²) in [5.41, 5.74) is 1.85. The van der Waals surface area contributed by atoms with Gasteiger partial charge in [-0.25, -0.2) is 4.98 Å². The van der Waals surface area contributed by atoms with E-state index < -0.39 is 0 Å². The Morgan fingerprint density at radius 1 is 1.42 bits per heavy atom. The van der Waals surface area contributed by atoms with Crippen LogP contribution in [-0.4, -0.2) is 39.6 Å². The van der Waals surface area contributed by atoms with E-state index in [-0.39, 0.29) is 18.1 Å². The largest absolute Gasteiger partial charge is 0.366 e. The predicted octanol–water partition coefficient (Wildman–Crippen LogP) is 3.09. The Bertz CT molecular complexity index is 747. The number of hydrogen-bond donors (Lipinski definition) is 0. The minimum atomic E-state index is 0.0995. The maximum Gasteiger partial charge on any atom is 0.270 e. The first-order chi connectivity index (χ1) is 11.5. The van der Waals surface area contributed by atoms with Crippen molar-refractivity contribution < 1.29 is 9.53 Å². The van der Waals surface area contributed by atoms with Gasteiger partial charge in [0.15, 0.2) is 0 Å². The molecule has 2 aliphatic rings. The predicted molar refractivity (Wildman–Crippen MR) is 93.2 cm³/mol. The van der Waals surface area contributed by atoms with Crippen LogP contribution in [0.15, 0.2) is 18.3 Å². The van der Waals surface area contributed by atoms with E-state index >= 15 is 0 Å². The van der Waals surface area contributed by atoms with E-state index in [4.69, 9.17) is 4.74 Å². The average molecular weight is 345 g/mol. The molecule has 6 heteroatoms. The summed E-state index contributed by atoms with van der Waals surface area (Å²) in [5.74, 6) is 0.644. The Morgan fingerprint density at radius 3 is 2.92 bits per heavy atom. The molecule has 0 unspecified atom stereocenters. The highest BCUT2D eigenvalue weighted by atomic mass is 32.1. The molecule has 24 heavy (non-hydrogen) atoms. The molecule has 2 aliphatic heterocycles. The number of hydrogen-bond acceptors (Lipinski definition) is 4. The summed E-state index contributed by atoms with van der Waals surface area (Å²) in [6.07, 6.45) is 4.19. The number of aryl methyl sites for hydroxylation is 3. The number of piperidine rings is 1. The molecule has 4 heterocycles. The van der Waals surface area contributed by atoms with Crippen LogP contribution in [0.2, 0.25) is 0 Å². The number of likely N-dealkylation sites (tertiary alicyclic amines) is 1. The van der Waals surface area contributed by atoms with Crippen molar-refractivity contribution in [1.82, 2.24) is 14.5 Å². The number of carbonyl (C=O) groups is 1. The molecule has 0 radical (unpaired) electrons. The molecule has 5 nitrogen and oxygen atoms in total. The zero-order valence-electron chi connectivity index (χ0n) is 14.4. The zero-order chi connectivity index (χ0) is 16.8. The van der Waals surface area contributed by atoms with Crippen LogP contribution < -0.4 is 0 Å². The third kappa shape index (κ3) is 2.67. The molecule has 0 spiro atoms. The van der Waals surface area contributed by atoms with Gasteiger partial charge < -0.3 is 14.2 Å². The minimum Gasteiger partial charge on any atom is -0.366 e. The highest BCUT2D eigenvalue weighted by Gasteiger charge is 2.42. The van der Waals surface area contributed by atoms with Crippen LogP contribution in [0.25, 0.3) is 0 Å². The quantitative estimate of drug-likeness (QED) is 0.840. The van der Waals surface area contributed by atoms with Gasteiger partial charge in [-0.2, -0.15) is 0 Å². The van der Waals surface area contributed by atoms with Crippen LogP contribution in [0.4, 0.5) is 0 Å². The van der Waals surface area contributed by atoms with Crippen molar-refractivity contribution in [3.8, 4) is 0 Å². The van der Waals surface area contributed by atoms with E-state index in [1.165, 1.54) is 4.88 Å². The molecule has 0 aliphatic carbocycles. The number of nitrogens with zero attached hydrogens (tertiary/aromatic N) is 3. The Hall–Kier alpha value is -1.66. The van der Waals surface area contributed by atoms with Gasteiger partial charge in [0.1, 0.15) is 16.8 Å². The van der Waals surface area contributed by atoms with E-state index in [0.29, 0.717) is 12.5 Å². The topological polar surface area (TPSA) is 47.4 Å². The van der Waals surface area contributed by atoms with Gasteiger partial charge in [-0.15, -0.1) is 11.3 Å². The van der Waals surface area contributed by atoms with Crippen molar-refractivity contribution >= 4 is 17.2 Å². The van der Waals surface area contributed by atoms with E-state index in [2.05, 4.69) is 18.8 Å². The molecule has 2 aromatic heterocycles.